The Kier molecular flexibility index (Phi) is 7.79. The van der Waals surface area contributed by atoms with Crippen LogP contribution in [-0.4, -0.2) is 55.1 Å². The second-order valence-electron chi connectivity index (χ2n) is 6.93. The second-order valence-corrected chi connectivity index (χ2v) is 6.93. The van der Waals surface area contributed by atoms with Crippen molar-refractivity contribution in [2.24, 2.45) is 0 Å². The standard InChI is InChI=1S/C23H26F2N2O3/c1-2-29-20-10-7-18(8-11-20)17-26-13-15-27(16-14-26)22(28)12-9-19-5-3-4-6-21(19)30-23(24)25/h3-12,23H,2,13-17H2,1H3/b12-9+. The number of piperazine rings is 1. The van der Waals surface area contributed by atoms with Gasteiger partial charge in [0.15, 0.2) is 0 Å². The lowest BCUT2D eigenvalue weighted by Gasteiger charge is -2.34. The van der Waals surface area contributed by atoms with E-state index >= 15 is 0 Å². The third kappa shape index (κ3) is 6.29. The first-order valence-electron chi connectivity index (χ1n) is 10.00. The van der Waals surface area contributed by atoms with Crippen LogP contribution in [0.15, 0.2) is 54.6 Å². The summed E-state index contributed by atoms with van der Waals surface area (Å²) in [4.78, 5) is 16.6. The van der Waals surface area contributed by atoms with Gasteiger partial charge in [-0.05, 0) is 36.8 Å². The molecule has 1 saturated heterocycles. The van der Waals surface area contributed by atoms with E-state index in [-0.39, 0.29) is 11.7 Å². The topological polar surface area (TPSA) is 42.0 Å². The van der Waals surface area contributed by atoms with Gasteiger partial charge in [0.1, 0.15) is 11.5 Å². The Hall–Kier alpha value is -2.93. The molecule has 1 heterocycles. The Labute approximate surface area is 175 Å². The molecule has 160 valence electrons. The molecule has 1 amide bonds. The number of ether oxygens (including phenoxy) is 2. The van der Waals surface area contributed by atoms with Gasteiger partial charge in [-0.2, -0.15) is 8.78 Å². The molecule has 0 aromatic heterocycles. The molecule has 0 N–H and O–H groups in total. The molecule has 0 atom stereocenters. The number of hydrogen-bond donors (Lipinski definition) is 0. The molecule has 0 aliphatic carbocycles. The van der Waals surface area contributed by atoms with Gasteiger partial charge in [0.05, 0.1) is 6.61 Å². The lowest BCUT2D eigenvalue weighted by atomic mass is 10.1. The smallest absolute Gasteiger partial charge is 0.387 e. The third-order valence-electron chi connectivity index (χ3n) is 4.87. The van der Waals surface area contributed by atoms with Crippen LogP contribution >= 0.6 is 0 Å². The quantitative estimate of drug-likeness (QED) is 0.609. The number of benzene rings is 2. The second kappa shape index (κ2) is 10.7. The van der Waals surface area contributed by atoms with Crippen LogP contribution in [0.1, 0.15) is 18.1 Å². The summed E-state index contributed by atoms with van der Waals surface area (Å²) in [6.07, 6.45) is 2.93. The first-order chi connectivity index (χ1) is 14.5. The maximum atomic E-state index is 12.5. The fraction of sp³-hybridized carbons (Fsp3) is 0.348. The molecule has 1 fully saturated rings. The van der Waals surface area contributed by atoms with Crippen LogP contribution in [0.5, 0.6) is 11.5 Å². The third-order valence-corrected chi connectivity index (χ3v) is 4.87. The zero-order valence-electron chi connectivity index (χ0n) is 17.0. The summed E-state index contributed by atoms with van der Waals surface area (Å²) in [5.41, 5.74) is 1.65. The van der Waals surface area contributed by atoms with Crippen LogP contribution in [0.2, 0.25) is 0 Å². The normalized spacial score (nSPS) is 15.0. The zero-order chi connectivity index (χ0) is 21.3. The lowest BCUT2D eigenvalue weighted by molar-refractivity contribution is -0.127. The first-order valence-corrected chi connectivity index (χ1v) is 10.00. The molecule has 1 aliphatic heterocycles. The number of amides is 1. The minimum atomic E-state index is -2.90. The van der Waals surface area contributed by atoms with Crippen molar-refractivity contribution < 1.29 is 23.0 Å². The van der Waals surface area contributed by atoms with Gasteiger partial charge in [-0.15, -0.1) is 0 Å². The van der Waals surface area contributed by atoms with Crippen molar-refractivity contribution in [3.05, 3.63) is 65.7 Å². The maximum Gasteiger partial charge on any atom is 0.387 e. The lowest BCUT2D eigenvalue weighted by Crippen LogP contribution is -2.47. The average molecular weight is 416 g/mol. The molecular weight excluding hydrogens is 390 g/mol. The highest BCUT2D eigenvalue weighted by Gasteiger charge is 2.19. The van der Waals surface area contributed by atoms with Gasteiger partial charge in [-0.3, -0.25) is 9.69 Å². The van der Waals surface area contributed by atoms with Crippen LogP contribution in [0.4, 0.5) is 8.78 Å². The maximum absolute atomic E-state index is 12.5. The van der Waals surface area contributed by atoms with Gasteiger partial charge in [0, 0.05) is 44.4 Å². The van der Waals surface area contributed by atoms with E-state index in [2.05, 4.69) is 21.8 Å². The average Bonchev–Trinajstić information content (AvgIpc) is 2.75. The van der Waals surface area contributed by atoms with Gasteiger partial charge in [0.25, 0.3) is 0 Å². The number of carbonyl (C=O) groups is 1. The minimum absolute atomic E-state index is 0.0525. The highest BCUT2D eigenvalue weighted by Crippen LogP contribution is 2.22. The van der Waals surface area contributed by atoms with Crippen molar-refractivity contribution in [3.8, 4) is 11.5 Å². The van der Waals surface area contributed by atoms with Crippen LogP contribution in [0, 0.1) is 0 Å². The van der Waals surface area contributed by atoms with Crippen molar-refractivity contribution in [1.82, 2.24) is 9.80 Å². The zero-order valence-corrected chi connectivity index (χ0v) is 17.0. The number of para-hydroxylation sites is 1. The molecule has 2 aromatic carbocycles. The Balaban J connectivity index is 1.50. The van der Waals surface area contributed by atoms with E-state index in [0.29, 0.717) is 25.3 Å². The SMILES string of the molecule is CCOc1ccc(CN2CCN(C(=O)/C=C/c3ccccc3OC(F)F)CC2)cc1. The highest BCUT2D eigenvalue weighted by atomic mass is 19.3. The van der Waals surface area contributed by atoms with Gasteiger partial charge in [0.2, 0.25) is 5.91 Å². The highest BCUT2D eigenvalue weighted by molar-refractivity contribution is 5.92. The molecule has 3 rings (SSSR count). The van der Waals surface area contributed by atoms with Gasteiger partial charge in [-0.25, -0.2) is 0 Å². The molecule has 5 nitrogen and oxygen atoms in total. The molecule has 7 heteroatoms. The Morgan fingerprint density at radius 1 is 1.07 bits per heavy atom. The van der Waals surface area contributed by atoms with Crippen LogP contribution in [0.25, 0.3) is 6.08 Å². The molecular formula is C23H26F2N2O3. The van der Waals surface area contributed by atoms with E-state index in [1.54, 1.807) is 23.1 Å². The summed E-state index contributed by atoms with van der Waals surface area (Å²) in [6.45, 7) is 3.32. The van der Waals surface area contributed by atoms with Crippen LogP contribution in [0.3, 0.4) is 0 Å². The molecule has 30 heavy (non-hydrogen) atoms. The summed E-state index contributed by atoms with van der Waals surface area (Å²) in [6, 6.07) is 14.5. The number of rotatable bonds is 8. The monoisotopic (exact) mass is 416 g/mol. The van der Waals surface area contributed by atoms with Gasteiger partial charge in [-0.1, -0.05) is 30.3 Å². The largest absolute Gasteiger partial charge is 0.494 e. The summed E-state index contributed by atoms with van der Waals surface area (Å²) in [7, 11) is 0. The fourth-order valence-corrected chi connectivity index (χ4v) is 3.33. The van der Waals surface area contributed by atoms with Crippen LogP contribution in [-0.2, 0) is 11.3 Å². The molecule has 2 aromatic rings. The van der Waals surface area contributed by atoms with E-state index in [4.69, 9.17) is 4.74 Å². The van der Waals surface area contributed by atoms with E-state index in [1.165, 1.54) is 23.8 Å². The number of nitrogens with zero attached hydrogens (tertiary/aromatic N) is 2. The van der Waals surface area contributed by atoms with Crippen molar-refractivity contribution in [1.29, 1.82) is 0 Å². The fourth-order valence-electron chi connectivity index (χ4n) is 3.33. The van der Waals surface area contributed by atoms with Crippen LogP contribution < -0.4 is 9.47 Å². The summed E-state index contributed by atoms with van der Waals surface area (Å²) in [5.74, 6) is 0.781. The van der Waals surface area contributed by atoms with Crippen molar-refractivity contribution in [2.45, 2.75) is 20.1 Å². The van der Waals surface area contributed by atoms with Crippen molar-refractivity contribution >= 4 is 12.0 Å². The predicted molar refractivity (Wildman–Crippen MR) is 112 cm³/mol. The van der Waals surface area contributed by atoms with Crippen molar-refractivity contribution in [2.75, 3.05) is 32.8 Å². The van der Waals surface area contributed by atoms with Gasteiger partial charge < -0.3 is 14.4 Å². The Morgan fingerprint density at radius 3 is 2.43 bits per heavy atom. The number of halogens is 2. The molecule has 0 saturated carbocycles. The van der Waals surface area contributed by atoms with E-state index < -0.39 is 6.61 Å². The molecule has 0 bridgehead atoms. The first kappa shape index (κ1) is 21.8. The molecule has 0 radical (unpaired) electrons. The summed E-state index contributed by atoms with van der Waals surface area (Å²) >= 11 is 0. The predicted octanol–water partition coefficient (Wildman–Crippen LogP) is 4.04. The molecule has 1 aliphatic rings. The van der Waals surface area contributed by atoms with Gasteiger partial charge >= 0.3 is 6.61 Å². The molecule has 0 unspecified atom stereocenters. The summed E-state index contributed by atoms with van der Waals surface area (Å²) < 4.78 is 35.0. The number of hydrogen-bond acceptors (Lipinski definition) is 4. The van der Waals surface area contributed by atoms with E-state index in [9.17, 15) is 13.6 Å². The minimum Gasteiger partial charge on any atom is -0.494 e. The molecule has 0 spiro atoms. The van der Waals surface area contributed by atoms with Crippen molar-refractivity contribution in [3.63, 3.8) is 0 Å². The van der Waals surface area contributed by atoms with E-state index in [1.807, 2.05) is 19.1 Å². The Bertz CT molecular complexity index is 848. The Morgan fingerprint density at radius 2 is 1.77 bits per heavy atom. The number of alkyl halides is 2. The summed E-state index contributed by atoms with van der Waals surface area (Å²) in [5, 5.41) is 0. The number of carbonyl (C=O) groups excluding carboxylic acids is 1. The van der Waals surface area contributed by atoms with E-state index in [0.717, 1.165) is 25.4 Å².